The molecule has 3 aromatic rings. The van der Waals surface area contributed by atoms with Crippen molar-refractivity contribution in [2.75, 3.05) is 18.2 Å². The highest BCUT2D eigenvalue weighted by Gasteiger charge is 2.24. The third kappa shape index (κ3) is 3.69. The summed E-state index contributed by atoms with van der Waals surface area (Å²) in [5.74, 6) is -1.05. The molecule has 1 amide bonds. The number of methoxy groups -OCH3 is 1. The number of rotatable bonds is 4. The Balaban J connectivity index is 2.11. The number of amides is 1. The fourth-order valence-corrected chi connectivity index (χ4v) is 3.04. The number of carbonyl (C=O) groups excluding carboxylic acids is 2. The molecule has 0 saturated carbocycles. The maximum atomic E-state index is 13.0. The number of aryl methyl sites for hydroxylation is 2. The molecule has 0 spiro atoms. The van der Waals surface area contributed by atoms with Crippen molar-refractivity contribution < 1.29 is 14.3 Å². The normalized spacial score (nSPS) is 10.3. The van der Waals surface area contributed by atoms with E-state index in [0.717, 1.165) is 11.1 Å². The molecular weight excluding hydrogens is 368 g/mol. The quantitative estimate of drug-likeness (QED) is 0.664. The number of nitrogen functional groups attached to an aromatic ring is 1. The van der Waals surface area contributed by atoms with Crippen LogP contribution in [0.1, 0.15) is 37.5 Å². The monoisotopic (exact) mass is 388 g/mol. The molecule has 1 heterocycles. The van der Waals surface area contributed by atoms with Crippen molar-refractivity contribution in [3.05, 3.63) is 76.6 Å². The maximum absolute atomic E-state index is 13.0. The second kappa shape index (κ2) is 7.90. The zero-order valence-corrected chi connectivity index (χ0v) is 16.3. The van der Waals surface area contributed by atoms with Gasteiger partial charge < -0.3 is 20.4 Å². The second-order valence-corrected chi connectivity index (χ2v) is 6.57. The van der Waals surface area contributed by atoms with E-state index < -0.39 is 5.97 Å². The van der Waals surface area contributed by atoms with Gasteiger partial charge in [0.1, 0.15) is 6.07 Å². The minimum atomic E-state index is -0.700. The summed E-state index contributed by atoms with van der Waals surface area (Å²) in [5.41, 5.74) is 9.45. The van der Waals surface area contributed by atoms with Crippen LogP contribution >= 0.6 is 0 Å². The van der Waals surface area contributed by atoms with E-state index in [4.69, 9.17) is 10.5 Å². The molecule has 0 atom stereocenters. The number of ether oxygens (including phenoxy) is 1. The predicted molar refractivity (Wildman–Crippen MR) is 110 cm³/mol. The Hall–Kier alpha value is -4.05. The van der Waals surface area contributed by atoms with Crippen molar-refractivity contribution >= 4 is 23.3 Å². The van der Waals surface area contributed by atoms with Crippen LogP contribution in [0.2, 0.25) is 0 Å². The molecular formula is C22H20N4O3. The lowest BCUT2D eigenvalue weighted by Crippen LogP contribution is -2.18. The molecule has 0 aliphatic carbocycles. The number of hydrogen-bond donors (Lipinski definition) is 2. The van der Waals surface area contributed by atoms with E-state index in [-0.39, 0.29) is 22.9 Å². The van der Waals surface area contributed by atoms with E-state index in [1.807, 2.05) is 38.1 Å². The summed E-state index contributed by atoms with van der Waals surface area (Å²) >= 11 is 0. The highest BCUT2D eigenvalue weighted by molar-refractivity contribution is 6.07. The number of anilines is 2. The predicted octanol–water partition coefficient (Wildman–Crippen LogP) is 3.59. The van der Waals surface area contributed by atoms with Gasteiger partial charge in [0.15, 0.2) is 5.69 Å². The van der Waals surface area contributed by atoms with Gasteiger partial charge in [0, 0.05) is 11.9 Å². The van der Waals surface area contributed by atoms with Gasteiger partial charge in [-0.25, -0.2) is 4.79 Å². The molecule has 146 valence electrons. The molecule has 0 aliphatic rings. The van der Waals surface area contributed by atoms with Crippen LogP contribution in [0.4, 0.5) is 11.4 Å². The number of nitrogens with zero attached hydrogens (tertiary/aromatic N) is 2. The summed E-state index contributed by atoms with van der Waals surface area (Å²) in [5, 5.41) is 12.2. The summed E-state index contributed by atoms with van der Waals surface area (Å²) in [6, 6.07) is 14.5. The Labute approximate surface area is 168 Å². The number of nitrogens with two attached hydrogens (primary N) is 1. The SMILES string of the molecule is COC(=O)c1c(N)c(C#N)cn1-c1ccccc1C(=O)Nc1cc(C)ccc1C. The molecule has 0 unspecified atom stereocenters. The summed E-state index contributed by atoms with van der Waals surface area (Å²) in [6.45, 7) is 3.85. The molecule has 1 aromatic heterocycles. The molecule has 0 aliphatic heterocycles. The lowest BCUT2D eigenvalue weighted by Gasteiger charge is -2.14. The van der Waals surface area contributed by atoms with E-state index in [1.165, 1.54) is 17.9 Å². The number of para-hydroxylation sites is 1. The lowest BCUT2D eigenvalue weighted by molar-refractivity contribution is 0.0592. The first-order chi connectivity index (χ1) is 13.9. The minimum Gasteiger partial charge on any atom is -0.464 e. The van der Waals surface area contributed by atoms with Crippen LogP contribution in [0.3, 0.4) is 0 Å². The Kier molecular flexibility index (Phi) is 5.37. The summed E-state index contributed by atoms with van der Waals surface area (Å²) in [7, 11) is 1.23. The largest absolute Gasteiger partial charge is 0.464 e. The molecule has 0 saturated heterocycles. The van der Waals surface area contributed by atoms with Gasteiger partial charge in [-0.1, -0.05) is 24.3 Å². The van der Waals surface area contributed by atoms with E-state index in [1.54, 1.807) is 24.3 Å². The molecule has 0 bridgehead atoms. The molecule has 3 N–H and O–H groups in total. The zero-order valence-electron chi connectivity index (χ0n) is 16.3. The van der Waals surface area contributed by atoms with Crippen molar-refractivity contribution in [2.45, 2.75) is 13.8 Å². The van der Waals surface area contributed by atoms with Crippen LogP contribution in [-0.4, -0.2) is 23.6 Å². The van der Waals surface area contributed by atoms with Crippen molar-refractivity contribution in [1.82, 2.24) is 4.57 Å². The Bertz CT molecular complexity index is 1160. The third-order valence-corrected chi connectivity index (χ3v) is 4.59. The molecule has 7 nitrogen and oxygen atoms in total. The Morgan fingerprint density at radius 2 is 1.90 bits per heavy atom. The highest BCUT2D eigenvalue weighted by atomic mass is 16.5. The topological polar surface area (TPSA) is 110 Å². The van der Waals surface area contributed by atoms with E-state index >= 15 is 0 Å². The summed E-state index contributed by atoms with van der Waals surface area (Å²) in [4.78, 5) is 25.3. The maximum Gasteiger partial charge on any atom is 0.357 e. The first-order valence-corrected chi connectivity index (χ1v) is 8.84. The van der Waals surface area contributed by atoms with E-state index in [9.17, 15) is 14.9 Å². The number of esters is 1. The number of carbonyl (C=O) groups is 2. The van der Waals surface area contributed by atoms with Crippen molar-refractivity contribution in [1.29, 1.82) is 5.26 Å². The van der Waals surface area contributed by atoms with Crippen LogP contribution in [0.5, 0.6) is 0 Å². The average Bonchev–Trinajstić information content (AvgIpc) is 3.06. The zero-order chi connectivity index (χ0) is 21.1. The molecule has 0 fully saturated rings. The molecule has 3 rings (SSSR count). The first-order valence-electron chi connectivity index (χ1n) is 8.84. The van der Waals surface area contributed by atoms with Crippen LogP contribution in [0.15, 0.2) is 48.7 Å². The minimum absolute atomic E-state index is 0.00367. The Morgan fingerprint density at radius 3 is 2.59 bits per heavy atom. The van der Waals surface area contributed by atoms with Crippen molar-refractivity contribution in [3.63, 3.8) is 0 Å². The van der Waals surface area contributed by atoms with Gasteiger partial charge >= 0.3 is 5.97 Å². The van der Waals surface area contributed by atoms with Gasteiger partial charge in [0.2, 0.25) is 0 Å². The standard InChI is InChI=1S/C22H20N4O3/c1-13-8-9-14(2)17(10-13)25-21(27)16-6-4-5-7-18(16)26-12-15(11-23)19(24)20(26)22(28)29-3/h4-10,12H,24H2,1-3H3,(H,25,27). The fraction of sp³-hybridized carbons (Fsp3) is 0.136. The summed E-state index contributed by atoms with van der Waals surface area (Å²) in [6.07, 6.45) is 1.42. The van der Waals surface area contributed by atoms with Gasteiger partial charge in [-0.05, 0) is 43.2 Å². The van der Waals surface area contributed by atoms with Gasteiger partial charge in [-0.3, -0.25) is 4.79 Å². The van der Waals surface area contributed by atoms with Gasteiger partial charge in [-0.2, -0.15) is 5.26 Å². The van der Waals surface area contributed by atoms with Crippen LogP contribution < -0.4 is 11.1 Å². The lowest BCUT2D eigenvalue weighted by atomic mass is 10.1. The second-order valence-electron chi connectivity index (χ2n) is 6.57. The average molecular weight is 388 g/mol. The molecule has 0 radical (unpaired) electrons. The third-order valence-electron chi connectivity index (χ3n) is 4.59. The fourth-order valence-electron chi connectivity index (χ4n) is 3.04. The van der Waals surface area contributed by atoms with Gasteiger partial charge in [0.05, 0.1) is 29.6 Å². The first kappa shape index (κ1) is 19.7. The summed E-state index contributed by atoms with van der Waals surface area (Å²) < 4.78 is 6.23. The van der Waals surface area contributed by atoms with Gasteiger partial charge in [-0.15, -0.1) is 0 Å². The Morgan fingerprint density at radius 1 is 1.17 bits per heavy atom. The van der Waals surface area contributed by atoms with Crippen LogP contribution in [0.25, 0.3) is 5.69 Å². The highest BCUT2D eigenvalue weighted by Crippen LogP contribution is 2.27. The smallest absolute Gasteiger partial charge is 0.357 e. The van der Waals surface area contributed by atoms with Crippen molar-refractivity contribution in [3.8, 4) is 11.8 Å². The molecule has 29 heavy (non-hydrogen) atoms. The molecule has 2 aromatic carbocycles. The number of nitriles is 1. The van der Waals surface area contributed by atoms with Gasteiger partial charge in [0.25, 0.3) is 5.91 Å². The number of nitrogens with one attached hydrogen (secondary N) is 1. The number of benzene rings is 2. The molecule has 7 heteroatoms. The van der Waals surface area contributed by atoms with E-state index in [2.05, 4.69) is 5.32 Å². The van der Waals surface area contributed by atoms with E-state index in [0.29, 0.717) is 16.9 Å². The van der Waals surface area contributed by atoms with Crippen LogP contribution in [-0.2, 0) is 4.74 Å². The number of hydrogen-bond acceptors (Lipinski definition) is 5. The van der Waals surface area contributed by atoms with Crippen molar-refractivity contribution in [2.24, 2.45) is 0 Å². The van der Waals surface area contributed by atoms with Crippen LogP contribution in [0, 0.1) is 25.2 Å². The number of aromatic nitrogens is 1.